The van der Waals surface area contributed by atoms with Crippen molar-refractivity contribution in [3.05, 3.63) is 154 Å². The summed E-state index contributed by atoms with van der Waals surface area (Å²) in [6.07, 6.45) is -1.96. The van der Waals surface area contributed by atoms with Crippen LogP contribution in [-0.2, 0) is 42.6 Å². The molecule has 5 aromatic rings. The maximum absolute atomic E-state index is 14.7. The fraction of sp³-hybridized carbons (Fsp3) is 0.171. The van der Waals surface area contributed by atoms with Crippen LogP contribution in [0.4, 0.5) is 9.59 Å². The van der Waals surface area contributed by atoms with Crippen LogP contribution in [0.15, 0.2) is 120 Å². The molecule has 13 nitrogen and oxygen atoms in total. The van der Waals surface area contributed by atoms with Crippen molar-refractivity contribution in [1.82, 2.24) is 10.6 Å². The number of ether oxygens (including phenoxy) is 2. The van der Waals surface area contributed by atoms with Gasteiger partial charge in [0, 0.05) is 11.1 Å². The number of halogens is 4. The van der Waals surface area contributed by atoms with E-state index in [9.17, 15) is 37.8 Å². The van der Waals surface area contributed by atoms with Crippen molar-refractivity contribution >= 4 is 97.6 Å². The molecule has 0 fully saturated rings. The van der Waals surface area contributed by atoms with Crippen LogP contribution in [0.5, 0.6) is 11.5 Å². The molecule has 5 aromatic carbocycles. The van der Waals surface area contributed by atoms with E-state index in [1.165, 1.54) is 50.2 Å². The van der Waals surface area contributed by atoms with Crippen molar-refractivity contribution in [3.63, 3.8) is 0 Å². The van der Waals surface area contributed by atoms with Gasteiger partial charge in [0.05, 0.1) is 35.5 Å². The molecule has 306 valence electrons. The van der Waals surface area contributed by atoms with E-state index in [-0.39, 0.29) is 59.3 Å². The Kier molecular flexibility index (Phi) is 13.4. The maximum atomic E-state index is 14.7. The van der Waals surface area contributed by atoms with Gasteiger partial charge in [-0.2, -0.15) is 8.42 Å². The van der Waals surface area contributed by atoms with Gasteiger partial charge in [-0.15, -0.1) is 0 Å². The molecule has 0 aromatic heterocycles. The van der Waals surface area contributed by atoms with Crippen LogP contribution in [0.25, 0.3) is 0 Å². The third kappa shape index (κ3) is 9.12. The largest absolute Gasteiger partial charge is 0.506 e. The van der Waals surface area contributed by atoms with E-state index in [0.29, 0.717) is 11.1 Å². The third-order valence-corrected chi connectivity index (χ3v) is 13.1. The average Bonchev–Trinajstić information content (AvgIpc) is 3.47. The van der Waals surface area contributed by atoms with Gasteiger partial charge in [0.1, 0.15) is 29.6 Å². The molecule has 2 atom stereocenters. The lowest BCUT2D eigenvalue weighted by Gasteiger charge is -2.30. The molecule has 1 aliphatic rings. The predicted molar refractivity (Wildman–Crippen MR) is 229 cm³/mol. The summed E-state index contributed by atoms with van der Waals surface area (Å²) in [4.78, 5) is 54.1. The molecule has 59 heavy (non-hydrogen) atoms. The van der Waals surface area contributed by atoms with Crippen LogP contribution in [0.2, 0.25) is 0 Å². The zero-order valence-corrected chi connectivity index (χ0v) is 38.0. The lowest BCUT2D eigenvalue weighted by Crippen LogP contribution is -2.42. The number of ketones is 2. The second kappa shape index (κ2) is 17.9. The van der Waals surface area contributed by atoms with E-state index in [1.54, 1.807) is 60.7 Å². The van der Waals surface area contributed by atoms with E-state index in [2.05, 4.69) is 74.4 Å². The number of benzene rings is 5. The van der Waals surface area contributed by atoms with E-state index >= 15 is 0 Å². The van der Waals surface area contributed by atoms with Gasteiger partial charge in [-0.25, -0.2) is 13.8 Å². The van der Waals surface area contributed by atoms with Gasteiger partial charge in [-0.3, -0.25) is 9.59 Å². The summed E-state index contributed by atoms with van der Waals surface area (Å²) in [6, 6.07) is 22.9. The number of hydrogen-bond donors (Lipinski definition) is 4. The van der Waals surface area contributed by atoms with Crippen LogP contribution in [0.3, 0.4) is 0 Å². The summed E-state index contributed by atoms with van der Waals surface area (Å²) < 4.78 is 46.5. The molecule has 0 saturated heterocycles. The monoisotopic (exact) mass is 1080 g/mol. The molecule has 0 unspecified atom stereocenters. The predicted octanol–water partition coefficient (Wildman–Crippen LogP) is 9.15. The molecule has 0 spiro atoms. The number of Topliss-reactive ketones (excluding diaryl/α,β-unsaturated/α-hetero) is 2. The summed E-state index contributed by atoms with van der Waals surface area (Å²) in [5.41, 5.74) is -1.70. The Balaban J connectivity index is 1.49. The quantitative estimate of drug-likeness (QED) is 0.0688. The van der Waals surface area contributed by atoms with Gasteiger partial charge >= 0.3 is 12.2 Å². The van der Waals surface area contributed by atoms with Crippen molar-refractivity contribution in [2.45, 2.75) is 49.6 Å². The van der Waals surface area contributed by atoms with Gasteiger partial charge < -0.3 is 30.3 Å². The number of rotatable bonds is 12. The summed E-state index contributed by atoms with van der Waals surface area (Å²) in [7, 11) is -5.02. The first kappa shape index (κ1) is 44.0. The van der Waals surface area contributed by atoms with Crippen molar-refractivity contribution in [1.29, 1.82) is 0 Å². The molecule has 2 amide bonds. The van der Waals surface area contributed by atoms with Crippen molar-refractivity contribution in [3.8, 4) is 11.5 Å². The van der Waals surface area contributed by atoms with Crippen molar-refractivity contribution in [2.75, 3.05) is 0 Å². The fourth-order valence-electron chi connectivity index (χ4n) is 6.40. The van der Waals surface area contributed by atoms with Crippen LogP contribution < -0.4 is 10.6 Å². The molecular formula is C41H32Br4N2O11S. The van der Waals surface area contributed by atoms with Gasteiger partial charge in [0.25, 0.3) is 10.1 Å². The maximum Gasteiger partial charge on any atom is 0.408 e. The van der Waals surface area contributed by atoms with Crippen LogP contribution in [-0.4, -0.2) is 54.5 Å². The molecule has 6 rings (SSSR count). The molecule has 0 bridgehead atoms. The highest BCUT2D eigenvalue weighted by atomic mass is 79.9. The first-order valence-electron chi connectivity index (χ1n) is 17.5. The van der Waals surface area contributed by atoms with Gasteiger partial charge in [0.15, 0.2) is 17.2 Å². The van der Waals surface area contributed by atoms with Gasteiger partial charge in [-0.1, -0.05) is 72.8 Å². The van der Waals surface area contributed by atoms with Crippen LogP contribution >= 0.6 is 63.7 Å². The van der Waals surface area contributed by atoms with Gasteiger partial charge in [-0.05, 0) is 124 Å². The number of fused-ring (bicyclic) bond motifs is 1. The summed E-state index contributed by atoms with van der Waals surface area (Å²) in [5, 5.41) is 26.1. The number of carbonyl (C=O) groups excluding carboxylic acids is 4. The number of hydrogen-bond acceptors (Lipinski definition) is 11. The number of alkyl carbamates (subject to hydrolysis) is 2. The summed E-state index contributed by atoms with van der Waals surface area (Å²) >= 11 is 13.2. The smallest absolute Gasteiger partial charge is 0.408 e. The Hall–Kier alpha value is -4.59. The second-order valence-electron chi connectivity index (χ2n) is 13.2. The fourth-order valence-corrected chi connectivity index (χ4v) is 10.4. The lowest BCUT2D eigenvalue weighted by molar-refractivity contribution is 0.0895. The SMILES string of the molecule is C[C@H](NC(=O)OCc1ccccc1)C(=O)c1ccc2c(c1C(=O)[C@H](C)NC(=O)OCc1ccccc1)S(=O)(=O)OC2(c1cc(Br)c(O)c(Br)c1)c1cc(Br)c(O)c(Br)c1. The minimum atomic E-state index is -5.02. The minimum Gasteiger partial charge on any atom is -0.506 e. The number of phenolic OH excluding ortho intramolecular Hbond substituents is 2. The molecule has 0 radical (unpaired) electrons. The highest BCUT2D eigenvalue weighted by molar-refractivity contribution is 9.11. The minimum absolute atomic E-state index is 0.107. The molecular weight excluding hydrogens is 1050 g/mol. The normalized spacial score (nSPS) is 14.7. The molecule has 4 N–H and O–H groups in total. The highest BCUT2D eigenvalue weighted by Crippen LogP contribution is 2.55. The molecule has 0 saturated carbocycles. The van der Waals surface area contributed by atoms with E-state index < -0.39 is 67.6 Å². The summed E-state index contributed by atoms with van der Waals surface area (Å²) in [6.45, 7) is 2.38. The number of aromatic hydroxyl groups is 2. The Morgan fingerprint density at radius 3 is 1.49 bits per heavy atom. The lowest BCUT2D eigenvalue weighted by atomic mass is 9.78. The topological polar surface area (TPSA) is 195 Å². The molecule has 1 heterocycles. The highest BCUT2D eigenvalue weighted by Gasteiger charge is 2.54. The standard InChI is InChI=1S/C41H32Br4N2O11S/c1-21(46-39(52)56-19-23-9-5-3-6-10-23)34(48)27-13-14-28-38(33(27)35(49)22(2)47-40(53)57-20-24-11-7-4-8-12-24)59(54,55)58-41(28,25-15-29(42)36(50)30(43)16-25)26-17-31(44)37(51)32(45)18-26/h3-18,21-22,50-51H,19-20H2,1-2H3,(H,46,52)(H,47,53)/t21-,22-/m0/s1. The van der Waals surface area contributed by atoms with Crippen molar-refractivity contribution < 1.29 is 51.5 Å². The first-order chi connectivity index (χ1) is 27.9. The van der Waals surface area contributed by atoms with E-state index in [0.717, 1.165) is 0 Å². The Bertz CT molecular complexity index is 2490. The molecule has 1 aliphatic heterocycles. The molecule has 18 heteroatoms. The van der Waals surface area contributed by atoms with Crippen molar-refractivity contribution in [2.24, 2.45) is 0 Å². The van der Waals surface area contributed by atoms with Gasteiger partial charge in [0.2, 0.25) is 0 Å². The number of phenols is 2. The zero-order chi connectivity index (χ0) is 42.8. The summed E-state index contributed by atoms with van der Waals surface area (Å²) in [5.74, 6) is -2.30. The Morgan fingerprint density at radius 2 is 1.07 bits per heavy atom. The Labute approximate surface area is 372 Å². The van der Waals surface area contributed by atoms with E-state index in [4.69, 9.17) is 13.7 Å². The zero-order valence-electron chi connectivity index (χ0n) is 30.8. The average molecular weight is 1080 g/mol. The first-order valence-corrected chi connectivity index (χ1v) is 22.1. The molecule has 0 aliphatic carbocycles. The number of carbonyl (C=O) groups is 4. The van der Waals surface area contributed by atoms with Crippen LogP contribution in [0.1, 0.15) is 62.4 Å². The second-order valence-corrected chi connectivity index (χ2v) is 18.1. The van der Waals surface area contributed by atoms with Crippen LogP contribution in [0, 0.1) is 0 Å². The Morgan fingerprint density at radius 1 is 0.661 bits per heavy atom. The third-order valence-electron chi connectivity index (χ3n) is 9.26. The van der Waals surface area contributed by atoms with E-state index in [1.807, 2.05) is 0 Å². The number of amides is 2. The number of nitrogens with one attached hydrogen (secondary N) is 2.